The van der Waals surface area contributed by atoms with E-state index in [1.165, 1.54) is 0 Å². The third-order valence-electron chi connectivity index (χ3n) is 5.23. The van der Waals surface area contributed by atoms with Gasteiger partial charge in [-0.1, -0.05) is 48.5 Å². The van der Waals surface area contributed by atoms with Crippen LogP contribution in [0.25, 0.3) is 0 Å². The molecule has 1 aliphatic rings. The van der Waals surface area contributed by atoms with Crippen molar-refractivity contribution < 1.29 is 9.59 Å². The summed E-state index contributed by atoms with van der Waals surface area (Å²) < 4.78 is 1.90. The van der Waals surface area contributed by atoms with Gasteiger partial charge in [0.25, 0.3) is 11.8 Å². The lowest BCUT2D eigenvalue weighted by atomic mass is 10.1. The van der Waals surface area contributed by atoms with E-state index in [2.05, 4.69) is 15.6 Å². The Kier molecular flexibility index (Phi) is 5.42. The summed E-state index contributed by atoms with van der Waals surface area (Å²) in [5.74, 6) is -0.218. The van der Waals surface area contributed by atoms with E-state index in [4.69, 9.17) is 0 Å². The first-order chi connectivity index (χ1) is 14.1. The molecule has 1 aromatic heterocycles. The molecule has 0 bridgehead atoms. The number of para-hydroxylation sites is 1. The largest absolute Gasteiger partial charge is 0.345 e. The zero-order valence-corrected chi connectivity index (χ0v) is 16.4. The Morgan fingerprint density at radius 3 is 2.55 bits per heavy atom. The van der Waals surface area contributed by atoms with Crippen molar-refractivity contribution in [2.24, 2.45) is 0 Å². The van der Waals surface area contributed by atoms with Crippen LogP contribution in [-0.2, 0) is 19.5 Å². The van der Waals surface area contributed by atoms with Crippen molar-refractivity contribution in [1.82, 2.24) is 14.9 Å². The van der Waals surface area contributed by atoms with Gasteiger partial charge in [0, 0.05) is 18.8 Å². The molecule has 0 unspecified atom stereocenters. The van der Waals surface area contributed by atoms with E-state index in [1.807, 2.05) is 66.1 Å². The molecule has 6 nitrogen and oxygen atoms in total. The Morgan fingerprint density at radius 2 is 1.76 bits per heavy atom. The number of aromatic nitrogens is 2. The fraction of sp³-hybridized carbons (Fsp3) is 0.261. The van der Waals surface area contributed by atoms with Gasteiger partial charge in [0.15, 0.2) is 11.5 Å². The van der Waals surface area contributed by atoms with Gasteiger partial charge in [-0.15, -0.1) is 0 Å². The molecule has 3 aromatic rings. The Bertz CT molecular complexity index is 1040. The maximum atomic E-state index is 12.9. The quantitative estimate of drug-likeness (QED) is 0.700. The number of carbonyl (C=O) groups is 2. The van der Waals surface area contributed by atoms with Crippen molar-refractivity contribution in [1.29, 1.82) is 0 Å². The molecule has 0 atom stereocenters. The number of benzene rings is 2. The fourth-order valence-electron chi connectivity index (χ4n) is 3.65. The van der Waals surface area contributed by atoms with Gasteiger partial charge in [-0.2, -0.15) is 0 Å². The highest BCUT2D eigenvalue weighted by Gasteiger charge is 2.27. The first-order valence-corrected chi connectivity index (χ1v) is 9.92. The second-order valence-corrected chi connectivity index (χ2v) is 7.28. The molecule has 2 heterocycles. The average Bonchev–Trinajstić information content (AvgIpc) is 3.14. The number of anilines is 1. The van der Waals surface area contributed by atoms with Gasteiger partial charge < -0.3 is 15.2 Å². The number of nitrogens with zero attached hydrogens (tertiary/aromatic N) is 2. The van der Waals surface area contributed by atoms with Crippen molar-refractivity contribution in [2.45, 2.75) is 39.3 Å². The number of nitrogens with one attached hydrogen (secondary N) is 2. The van der Waals surface area contributed by atoms with Gasteiger partial charge >= 0.3 is 0 Å². The summed E-state index contributed by atoms with van der Waals surface area (Å²) >= 11 is 0. The Morgan fingerprint density at radius 1 is 1.00 bits per heavy atom. The summed E-state index contributed by atoms with van der Waals surface area (Å²) in [6.07, 6.45) is 2.71. The molecule has 6 heteroatoms. The van der Waals surface area contributed by atoms with Crippen molar-refractivity contribution in [3.63, 3.8) is 0 Å². The molecule has 2 amide bonds. The summed E-state index contributed by atoms with van der Waals surface area (Å²) in [5, 5.41) is 5.86. The van der Waals surface area contributed by atoms with E-state index in [9.17, 15) is 9.59 Å². The van der Waals surface area contributed by atoms with Crippen molar-refractivity contribution >= 4 is 17.5 Å². The smallest absolute Gasteiger partial charge is 0.287 e. The molecule has 0 radical (unpaired) electrons. The monoisotopic (exact) mass is 388 g/mol. The van der Waals surface area contributed by atoms with Crippen LogP contribution >= 0.6 is 0 Å². The Labute approximate surface area is 170 Å². The predicted molar refractivity (Wildman–Crippen MR) is 112 cm³/mol. The van der Waals surface area contributed by atoms with Crippen LogP contribution in [-0.4, -0.2) is 21.4 Å². The molecule has 0 spiro atoms. The normalized spacial score (nSPS) is 12.9. The minimum atomic E-state index is -0.271. The lowest BCUT2D eigenvalue weighted by Gasteiger charge is -2.17. The minimum Gasteiger partial charge on any atom is -0.345 e. The Hall–Kier alpha value is -3.41. The molecular formula is C23H24N4O2. The molecule has 4 rings (SSSR count). The highest BCUT2D eigenvalue weighted by molar-refractivity contribution is 6.05. The molecular weight excluding hydrogens is 364 g/mol. The van der Waals surface area contributed by atoms with E-state index >= 15 is 0 Å². The minimum absolute atomic E-state index is 0.257. The number of rotatable bonds is 5. The molecule has 29 heavy (non-hydrogen) atoms. The van der Waals surface area contributed by atoms with Crippen molar-refractivity contribution in [3.8, 4) is 0 Å². The standard InChI is InChI=1S/C23H24N4O2/c1-16-9-5-6-12-18(16)25-22(28)20-19-13-7-8-14-27(19)21(26-20)23(29)24-15-17-10-3-2-4-11-17/h2-6,9-12H,7-8,13-15H2,1H3,(H,24,29)(H,25,28). The van der Waals surface area contributed by atoms with Crippen LogP contribution in [0.3, 0.4) is 0 Å². The van der Waals surface area contributed by atoms with E-state index in [1.54, 1.807) is 0 Å². The van der Waals surface area contributed by atoms with Crippen LogP contribution in [0.5, 0.6) is 0 Å². The van der Waals surface area contributed by atoms with Crippen LogP contribution in [0.2, 0.25) is 0 Å². The van der Waals surface area contributed by atoms with Crippen LogP contribution in [0, 0.1) is 6.92 Å². The first kappa shape index (κ1) is 18.9. The second-order valence-electron chi connectivity index (χ2n) is 7.28. The molecule has 0 aliphatic carbocycles. The lowest BCUT2D eigenvalue weighted by molar-refractivity contribution is 0.0935. The average molecular weight is 388 g/mol. The molecule has 2 N–H and O–H groups in total. The SMILES string of the molecule is Cc1ccccc1NC(=O)c1nc(C(=O)NCc2ccccc2)n2c1CCCC2. The van der Waals surface area contributed by atoms with Gasteiger partial charge in [-0.05, 0) is 43.4 Å². The number of amides is 2. The van der Waals surface area contributed by atoms with Gasteiger partial charge in [-0.3, -0.25) is 9.59 Å². The topological polar surface area (TPSA) is 76.0 Å². The number of fused-ring (bicyclic) bond motifs is 1. The number of hydrogen-bond donors (Lipinski definition) is 2. The lowest BCUT2D eigenvalue weighted by Crippen LogP contribution is -2.27. The molecule has 148 valence electrons. The molecule has 0 saturated heterocycles. The third-order valence-corrected chi connectivity index (χ3v) is 5.23. The highest BCUT2D eigenvalue weighted by Crippen LogP contribution is 2.23. The summed E-state index contributed by atoms with van der Waals surface area (Å²) in [6, 6.07) is 17.4. The van der Waals surface area contributed by atoms with Gasteiger partial charge in [0.1, 0.15) is 0 Å². The van der Waals surface area contributed by atoms with Gasteiger partial charge in [0.05, 0.1) is 5.69 Å². The molecule has 0 saturated carbocycles. The third kappa shape index (κ3) is 4.06. The summed E-state index contributed by atoms with van der Waals surface area (Å²) in [4.78, 5) is 30.2. The number of hydrogen-bond acceptors (Lipinski definition) is 3. The van der Waals surface area contributed by atoms with E-state index in [0.29, 0.717) is 24.6 Å². The zero-order valence-electron chi connectivity index (χ0n) is 16.4. The van der Waals surface area contributed by atoms with Crippen LogP contribution in [0.4, 0.5) is 5.69 Å². The highest BCUT2D eigenvalue weighted by atomic mass is 16.2. The molecule has 1 aliphatic heterocycles. The number of imidazole rings is 1. The molecule has 0 fully saturated rings. The Balaban J connectivity index is 1.57. The summed E-state index contributed by atoms with van der Waals surface area (Å²) in [7, 11) is 0. The van der Waals surface area contributed by atoms with Crippen molar-refractivity contribution in [2.75, 3.05) is 5.32 Å². The van der Waals surface area contributed by atoms with Crippen LogP contribution in [0.15, 0.2) is 54.6 Å². The molecule has 2 aromatic carbocycles. The van der Waals surface area contributed by atoms with Crippen LogP contribution < -0.4 is 10.6 Å². The van der Waals surface area contributed by atoms with E-state index < -0.39 is 0 Å². The summed E-state index contributed by atoms with van der Waals surface area (Å²) in [5.41, 5.74) is 3.94. The van der Waals surface area contributed by atoms with E-state index in [-0.39, 0.29) is 11.8 Å². The predicted octanol–water partition coefficient (Wildman–Crippen LogP) is 3.71. The van der Waals surface area contributed by atoms with Crippen LogP contribution in [0.1, 0.15) is 50.8 Å². The van der Waals surface area contributed by atoms with E-state index in [0.717, 1.165) is 41.8 Å². The van der Waals surface area contributed by atoms with Gasteiger partial charge in [0.2, 0.25) is 0 Å². The van der Waals surface area contributed by atoms with Crippen molar-refractivity contribution in [3.05, 3.63) is 82.9 Å². The number of aryl methyl sites for hydroxylation is 1. The zero-order chi connectivity index (χ0) is 20.2. The fourth-order valence-corrected chi connectivity index (χ4v) is 3.65. The second kappa shape index (κ2) is 8.31. The first-order valence-electron chi connectivity index (χ1n) is 9.92. The maximum absolute atomic E-state index is 12.9. The maximum Gasteiger partial charge on any atom is 0.287 e. The van der Waals surface area contributed by atoms with Gasteiger partial charge in [-0.25, -0.2) is 4.98 Å². The summed E-state index contributed by atoms with van der Waals surface area (Å²) in [6.45, 7) is 3.07. The number of carbonyl (C=O) groups excluding carboxylic acids is 2.